The molecule has 258 valence electrons. The molecule has 10 nitrogen and oxygen atoms in total. The zero-order valence-electron chi connectivity index (χ0n) is 29.2. The van der Waals surface area contributed by atoms with Crippen molar-refractivity contribution in [1.29, 1.82) is 0 Å². The van der Waals surface area contributed by atoms with E-state index < -0.39 is 5.97 Å². The van der Waals surface area contributed by atoms with Gasteiger partial charge in [-0.15, -0.1) is 0 Å². The van der Waals surface area contributed by atoms with Gasteiger partial charge in [0.15, 0.2) is 23.0 Å². The van der Waals surface area contributed by atoms with Crippen LogP contribution in [0.4, 0.5) is 0 Å². The Labute approximate surface area is 280 Å². The van der Waals surface area contributed by atoms with Crippen molar-refractivity contribution in [3.05, 3.63) is 96.6 Å². The number of hydrogen-bond donors (Lipinski definition) is 0. The largest absolute Gasteiger partial charge is 0.493 e. The molecule has 2 aromatic rings. The van der Waals surface area contributed by atoms with E-state index in [1.54, 1.807) is 63.2 Å². The normalized spacial score (nSPS) is 8.98. The third-order valence-corrected chi connectivity index (χ3v) is 4.35. The molecule has 0 radical (unpaired) electrons. The molecular formula is C37H50O10. The lowest BCUT2D eigenvalue weighted by Gasteiger charge is -2.09. The van der Waals surface area contributed by atoms with E-state index in [2.05, 4.69) is 13.2 Å². The van der Waals surface area contributed by atoms with E-state index in [0.29, 0.717) is 46.2 Å². The Bertz CT molecular complexity index is 1270. The van der Waals surface area contributed by atoms with Gasteiger partial charge in [0.05, 0.1) is 21.3 Å². The summed E-state index contributed by atoms with van der Waals surface area (Å²) < 4.78 is 25.4. The summed E-state index contributed by atoms with van der Waals surface area (Å²) in [5.41, 5.74) is 1.78. The summed E-state index contributed by atoms with van der Waals surface area (Å²) >= 11 is 0. The van der Waals surface area contributed by atoms with Crippen molar-refractivity contribution in [3.63, 3.8) is 0 Å². The minimum absolute atomic E-state index is 0.248. The molecule has 0 saturated heterocycles. The van der Waals surface area contributed by atoms with Gasteiger partial charge in [0.25, 0.3) is 6.47 Å². The van der Waals surface area contributed by atoms with Crippen LogP contribution in [0.5, 0.6) is 28.7 Å². The average Bonchev–Trinajstić information content (AvgIpc) is 3.09. The monoisotopic (exact) mass is 654 g/mol. The zero-order chi connectivity index (χ0) is 37.0. The number of carbonyl (C=O) groups is 5. The fraction of sp³-hybridized carbons (Fsp3) is 0.270. The molecule has 47 heavy (non-hydrogen) atoms. The predicted octanol–water partition coefficient (Wildman–Crippen LogP) is 7.76. The fourth-order valence-electron chi connectivity index (χ4n) is 2.21. The predicted molar refractivity (Wildman–Crippen MR) is 188 cm³/mol. The summed E-state index contributed by atoms with van der Waals surface area (Å²) in [5.74, 6) is 1.37. The highest BCUT2D eigenvalue weighted by molar-refractivity contribution is 5.89. The van der Waals surface area contributed by atoms with Crippen molar-refractivity contribution in [2.45, 2.75) is 48.5 Å². The van der Waals surface area contributed by atoms with Gasteiger partial charge in [-0.05, 0) is 87.7 Å². The van der Waals surface area contributed by atoms with Gasteiger partial charge in [-0.25, -0.2) is 4.79 Å². The molecule has 0 unspecified atom stereocenters. The van der Waals surface area contributed by atoms with Crippen LogP contribution in [0.25, 0.3) is 6.08 Å². The van der Waals surface area contributed by atoms with Crippen LogP contribution < -0.4 is 23.7 Å². The highest BCUT2D eigenvalue weighted by Gasteiger charge is 2.08. The molecule has 0 amide bonds. The van der Waals surface area contributed by atoms with E-state index in [1.807, 2.05) is 39.8 Å². The quantitative estimate of drug-likeness (QED) is 0.0779. The van der Waals surface area contributed by atoms with Crippen molar-refractivity contribution >= 4 is 37.4 Å². The molecule has 0 aliphatic heterocycles. The summed E-state index contributed by atoms with van der Waals surface area (Å²) in [6, 6.07) is 9.67. The van der Waals surface area contributed by atoms with Crippen molar-refractivity contribution in [2.24, 2.45) is 0 Å². The number of aldehydes is 3. The molecular weight excluding hydrogens is 604 g/mol. The first-order valence-electron chi connectivity index (χ1n) is 14.2. The lowest BCUT2D eigenvalue weighted by Crippen LogP contribution is -2.04. The third-order valence-electron chi connectivity index (χ3n) is 4.35. The van der Waals surface area contributed by atoms with Gasteiger partial charge in [-0.1, -0.05) is 51.3 Å². The van der Waals surface area contributed by atoms with E-state index in [4.69, 9.17) is 23.7 Å². The molecule has 2 rings (SSSR count). The number of ether oxygens (including phenoxy) is 5. The molecule has 0 atom stereocenters. The fourth-order valence-corrected chi connectivity index (χ4v) is 2.21. The van der Waals surface area contributed by atoms with Crippen LogP contribution in [0.15, 0.2) is 91.1 Å². The van der Waals surface area contributed by atoms with Crippen LogP contribution in [0, 0.1) is 0 Å². The second-order valence-electron chi connectivity index (χ2n) is 8.15. The summed E-state index contributed by atoms with van der Waals surface area (Å²) in [4.78, 5) is 50.6. The first-order valence-corrected chi connectivity index (χ1v) is 14.2. The number of allylic oxidation sites excluding steroid dienone is 6. The minimum atomic E-state index is -0.578. The second-order valence-corrected chi connectivity index (χ2v) is 8.15. The molecule has 0 aliphatic rings. The Morgan fingerprint density at radius 1 is 0.681 bits per heavy atom. The maximum atomic E-state index is 12.0. The van der Waals surface area contributed by atoms with Crippen LogP contribution in [0.1, 0.15) is 54.0 Å². The molecule has 0 saturated carbocycles. The highest BCUT2D eigenvalue weighted by atomic mass is 16.5. The van der Waals surface area contributed by atoms with Crippen molar-refractivity contribution in [3.8, 4) is 28.7 Å². The molecule has 10 heteroatoms. The van der Waals surface area contributed by atoms with Crippen molar-refractivity contribution in [1.82, 2.24) is 0 Å². The van der Waals surface area contributed by atoms with E-state index in [0.717, 1.165) is 18.9 Å². The summed E-state index contributed by atoms with van der Waals surface area (Å²) in [7, 11) is 4.47. The second kappa shape index (κ2) is 35.0. The van der Waals surface area contributed by atoms with Crippen LogP contribution in [0.2, 0.25) is 0 Å². The Balaban J connectivity index is -0.000000358. The van der Waals surface area contributed by atoms with Crippen LogP contribution >= 0.6 is 0 Å². The number of carbonyl (C=O) groups excluding carboxylic acids is 5. The zero-order valence-corrected chi connectivity index (χ0v) is 29.2. The van der Waals surface area contributed by atoms with E-state index in [-0.39, 0.29) is 5.75 Å². The van der Waals surface area contributed by atoms with Gasteiger partial charge in [0.1, 0.15) is 24.6 Å². The standard InChI is InChI=1S/C19H18O7.3C4H6O.C4H8.C2H6/c1-22-15-8-6-14(11-17(15)24-3)26-19(21)9-5-13-4-7-16(23-2)18(10-13)25-12-20;2*1-4(2)3-5;1-2-3-4-5;1-3-4-2;1-2/h4-12H,1-3H3;2*3H,1H2,2H3;2-4H,1H3;3-4H,1-2H3;1-2H3/b9-5+;;;3-2+;4-3+;. The molecule has 0 N–H and O–H groups in total. The number of esters is 1. The molecule has 0 bridgehead atoms. The number of benzene rings is 2. The van der Waals surface area contributed by atoms with Gasteiger partial charge in [-0.2, -0.15) is 0 Å². The van der Waals surface area contributed by atoms with Crippen LogP contribution in [-0.2, 0) is 24.0 Å². The summed E-state index contributed by atoms with van der Waals surface area (Å²) in [5, 5.41) is 0. The first kappa shape index (κ1) is 48.4. The van der Waals surface area contributed by atoms with Crippen molar-refractivity contribution in [2.75, 3.05) is 21.3 Å². The Morgan fingerprint density at radius 2 is 1.15 bits per heavy atom. The minimum Gasteiger partial charge on any atom is -0.493 e. The first-order chi connectivity index (χ1) is 22.5. The maximum Gasteiger partial charge on any atom is 0.336 e. The number of methoxy groups -OCH3 is 3. The Hall–Kier alpha value is -5.51. The Morgan fingerprint density at radius 3 is 1.51 bits per heavy atom. The summed E-state index contributed by atoms with van der Waals surface area (Å²) in [6.45, 7) is 20.0. The number of hydrogen-bond acceptors (Lipinski definition) is 10. The average molecular weight is 655 g/mol. The highest BCUT2D eigenvalue weighted by Crippen LogP contribution is 2.31. The number of rotatable bonds is 11. The summed E-state index contributed by atoms with van der Waals surface area (Å²) in [6.07, 6.45) is 12.1. The van der Waals surface area contributed by atoms with Gasteiger partial charge in [0.2, 0.25) is 0 Å². The molecule has 0 aromatic heterocycles. The van der Waals surface area contributed by atoms with Crippen LogP contribution in [0.3, 0.4) is 0 Å². The van der Waals surface area contributed by atoms with E-state index >= 15 is 0 Å². The van der Waals surface area contributed by atoms with Gasteiger partial charge >= 0.3 is 5.97 Å². The van der Waals surface area contributed by atoms with Crippen LogP contribution in [-0.4, -0.2) is 52.6 Å². The topological polar surface area (TPSA) is 132 Å². The van der Waals surface area contributed by atoms with E-state index in [1.165, 1.54) is 39.6 Å². The molecule has 2 aromatic carbocycles. The maximum absolute atomic E-state index is 12.0. The SMILES string of the molecule is C/C=C/C.C/C=C/C=O.C=C(C)C=O.C=C(C)C=O.CC.COc1ccc(OC(=O)/C=C/c2ccc(OC)c(OC=O)c2)cc1OC. The third kappa shape index (κ3) is 29.0. The molecule has 0 spiro atoms. The van der Waals surface area contributed by atoms with Gasteiger partial charge in [-0.3, -0.25) is 19.2 Å². The Kier molecular flexibility index (Phi) is 36.0. The smallest absolute Gasteiger partial charge is 0.336 e. The molecule has 0 aliphatic carbocycles. The molecule has 0 heterocycles. The molecule has 0 fully saturated rings. The lowest BCUT2D eigenvalue weighted by atomic mass is 10.2. The van der Waals surface area contributed by atoms with Gasteiger partial charge < -0.3 is 23.7 Å². The lowest BCUT2D eigenvalue weighted by molar-refractivity contribution is -0.129. The van der Waals surface area contributed by atoms with E-state index in [9.17, 15) is 24.0 Å². The van der Waals surface area contributed by atoms with Gasteiger partial charge in [0, 0.05) is 12.1 Å². The van der Waals surface area contributed by atoms with Crippen molar-refractivity contribution < 1.29 is 47.7 Å².